The summed E-state index contributed by atoms with van der Waals surface area (Å²) in [6, 6.07) is 3.83. The molecule has 0 aliphatic carbocycles. The molecule has 0 amide bonds. The highest BCUT2D eigenvalue weighted by Crippen LogP contribution is 2.51. The van der Waals surface area contributed by atoms with Crippen LogP contribution in [-0.4, -0.2) is 78.8 Å². The number of fused-ring (bicyclic) bond motifs is 2. The molecule has 3 saturated heterocycles. The van der Waals surface area contributed by atoms with Gasteiger partial charge >= 0.3 is 6.01 Å². The molecule has 2 atom stereocenters. The molecule has 2 aromatic carbocycles. The van der Waals surface area contributed by atoms with E-state index in [0.717, 1.165) is 75.6 Å². The minimum Gasteiger partial charge on any atom is -0.489 e. The maximum absolute atomic E-state index is 17.2. The number of alkyl halides is 2. The van der Waals surface area contributed by atoms with Gasteiger partial charge in [0.15, 0.2) is 11.6 Å². The van der Waals surface area contributed by atoms with E-state index in [0.29, 0.717) is 6.54 Å². The average Bonchev–Trinajstić information content (AvgIpc) is 3.75. The fraction of sp³-hybridized carbons (Fsp3) is 0.500. The van der Waals surface area contributed by atoms with Gasteiger partial charge in [-0.15, -0.1) is 11.3 Å². The molecule has 4 aliphatic rings. The van der Waals surface area contributed by atoms with Gasteiger partial charge in [-0.3, -0.25) is 4.90 Å². The lowest BCUT2D eigenvalue weighted by molar-refractivity contribution is 0.107. The second-order valence-electron chi connectivity index (χ2n) is 13.4. The lowest BCUT2D eigenvalue weighted by Crippen LogP contribution is -2.51. The van der Waals surface area contributed by atoms with Gasteiger partial charge in [0, 0.05) is 17.5 Å². The molecule has 49 heavy (non-hydrogen) atoms. The number of thiophene rings is 1. The minimum atomic E-state index is -2.74. The van der Waals surface area contributed by atoms with Crippen molar-refractivity contribution in [2.75, 3.05) is 56.6 Å². The molecule has 0 bridgehead atoms. The van der Waals surface area contributed by atoms with Gasteiger partial charge in [-0.05, 0) is 75.7 Å². The summed E-state index contributed by atoms with van der Waals surface area (Å²) in [5.41, 5.74) is 5.63. The summed E-state index contributed by atoms with van der Waals surface area (Å²) in [5, 5.41) is 13.4. The van der Waals surface area contributed by atoms with Gasteiger partial charge < -0.3 is 25.4 Å². The van der Waals surface area contributed by atoms with Crippen LogP contribution < -0.4 is 25.4 Å². The van der Waals surface area contributed by atoms with E-state index in [1.807, 2.05) is 6.07 Å². The van der Waals surface area contributed by atoms with Gasteiger partial charge in [-0.2, -0.15) is 15.2 Å². The highest BCUT2D eigenvalue weighted by atomic mass is 35.5. The van der Waals surface area contributed by atoms with Crippen molar-refractivity contribution < 1.29 is 27.0 Å². The molecule has 4 aliphatic heterocycles. The van der Waals surface area contributed by atoms with E-state index in [-0.39, 0.29) is 90.0 Å². The number of rotatable bonds is 7. The lowest BCUT2D eigenvalue weighted by Gasteiger charge is -2.38. The number of hydrogen-bond donors (Lipinski definition) is 2. The number of nitrogens with two attached hydrogens (primary N) is 1. The number of nitrogens with one attached hydrogen (secondary N) is 1. The highest BCUT2D eigenvalue weighted by Gasteiger charge is 2.45. The number of halogens is 5. The number of anilines is 2. The largest absolute Gasteiger partial charge is 0.489 e. The monoisotopic (exact) mass is 715 g/mol. The van der Waals surface area contributed by atoms with Gasteiger partial charge in [0.1, 0.15) is 41.4 Å². The fourth-order valence-electron chi connectivity index (χ4n) is 8.43. The first-order chi connectivity index (χ1) is 23.7. The summed E-state index contributed by atoms with van der Waals surface area (Å²) >= 11 is 7.92. The van der Waals surface area contributed by atoms with Gasteiger partial charge in [0.05, 0.1) is 38.8 Å². The maximum Gasteiger partial charge on any atom is 0.319 e. The zero-order valence-corrected chi connectivity index (χ0v) is 28.1. The van der Waals surface area contributed by atoms with Crippen LogP contribution in [0.15, 0.2) is 12.1 Å². The van der Waals surface area contributed by atoms with E-state index in [4.69, 9.17) is 31.8 Å². The molecule has 3 fully saturated rings. The number of piperidine rings is 1. The normalized spacial score (nSPS) is 22.0. The van der Waals surface area contributed by atoms with Crippen LogP contribution in [0.5, 0.6) is 11.8 Å². The molecule has 258 valence electrons. The molecule has 2 unspecified atom stereocenters. The Labute approximate surface area is 288 Å². The van der Waals surface area contributed by atoms with Crippen LogP contribution in [0.2, 0.25) is 5.02 Å². The van der Waals surface area contributed by atoms with E-state index in [1.54, 1.807) is 0 Å². The van der Waals surface area contributed by atoms with Crippen molar-refractivity contribution >= 4 is 54.7 Å². The second-order valence-corrected chi connectivity index (χ2v) is 14.8. The first-order valence-electron chi connectivity index (χ1n) is 16.6. The maximum atomic E-state index is 17.2. The number of nitriles is 1. The minimum absolute atomic E-state index is 0.00541. The molecule has 0 spiro atoms. The van der Waals surface area contributed by atoms with Crippen molar-refractivity contribution in [1.29, 1.82) is 5.26 Å². The molecular formula is C34H34ClF4N7O2S. The van der Waals surface area contributed by atoms with E-state index < -0.39 is 30.6 Å². The zero-order valence-electron chi connectivity index (χ0n) is 26.5. The van der Waals surface area contributed by atoms with Crippen LogP contribution in [-0.2, 0) is 0 Å². The Kier molecular flexibility index (Phi) is 8.37. The highest BCUT2D eigenvalue weighted by molar-refractivity contribution is 7.23. The van der Waals surface area contributed by atoms with Crippen LogP contribution >= 0.6 is 22.9 Å². The molecular weight excluding hydrogens is 682 g/mol. The summed E-state index contributed by atoms with van der Waals surface area (Å²) < 4.78 is 73.8. The SMILES string of the molecule is N#Cc1c(N)sc2c(F)ccc(-c3c(Cl)c4c5c(nc(OCC67CCCN6CCC7)nc5c3F)N(CC(F)F)C(C3CCCNC3)CO4)c12. The Morgan fingerprint density at radius 3 is 2.69 bits per heavy atom. The third-order valence-electron chi connectivity index (χ3n) is 10.7. The summed E-state index contributed by atoms with van der Waals surface area (Å²) in [4.78, 5) is 13.2. The number of hydrogen-bond acceptors (Lipinski definition) is 10. The van der Waals surface area contributed by atoms with Crippen LogP contribution in [0.3, 0.4) is 0 Å². The van der Waals surface area contributed by atoms with E-state index in [9.17, 15) is 14.0 Å². The third-order valence-corrected chi connectivity index (χ3v) is 12.1. The molecule has 0 saturated carbocycles. The predicted molar refractivity (Wildman–Crippen MR) is 181 cm³/mol. The fourth-order valence-corrected chi connectivity index (χ4v) is 9.72. The van der Waals surface area contributed by atoms with Crippen molar-refractivity contribution in [2.24, 2.45) is 5.92 Å². The van der Waals surface area contributed by atoms with Gasteiger partial charge in [0.25, 0.3) is 6.43 Å². The second kappa shape index (κ2) is 12.6. The van der Waals surface area contributed by atoms with Crippen LogP contribution in [0.25, 0.3) is 32.1 Å². The average molecular weight is 716 g/mol. The summed E-state index contributed by atoms with van der Waals surface area (Å²) in [5.74, 6) is -1.52. The third kappa shape index (κ3) is 5.32. The lowest BCUT2D eigenvalue weighted by atomic mass is 9.91. The number of benzene rings is 2. The summed E-state index contributed by atoms with van der Waals surface area (Å²) in [6.45, 7) is 2.90. The standard InChI is InChI=1S/C34H34ClF4N7O2S/c35-26-24(18-5-6-20(36)30-23(18)19(12-40)31(41)49-30)27(39)28-25-29(26)47-15-21(17-4-1-9-42-13-17)46(14-22(37)38)32(25)44-33(43-28)48-16-34-7-2-10-45(34)11-3-8-34/h5-6,17,21-22,42H,1-4,7-11,13-16,41H2. The summed E-state index contributed by atoms with van der Waals surface area (Å²) in [7, 11) is 0. The van der Waals surface area contributed by atoms with E-state index in [1.165, 1.54) is 11.0 Å². The Balaban J connectivity index is 1.36. The van der Waals surface area contributed by atoms with Crippen molar-refractivity contribution in [3.63, 3.8) is 0 Å². The Morgan fingerprint density at radius 1 is 1.18 bits per heavy atom. The number of aromatic nitrogens is 2. The number of nitrogens with zero attached hydrogens (tertiary/aromatic N) is 5. The molecule has 8 rings (SSSR count). The van der Waals surface area contributed by atoms with Crippen molar-refractivity contribution in [3.05, 3.63) is 34.4 Å². The molecule has 3 N–H and O–H groups in total. The topological polar surface area (TPSA) is 113 Å². The Bertz CT molecular complexity index is 1990. The smallest absolute Gasteiger partial charge is 0.319 e. The molecule has 2 aromatic heterocycles. The van der Waals surface area contributed by atoms with Gasteiger partial charge in [0.2, 0.25) is 0 Å². The predicted octanol–water partition coefficient (Wildman–Crippen LogP) is 6.74. The van der Waals surface area contributed by atoms with Gasteiger partial charge in [-0.1, -0.05) is 17.7 Å². The van der Waals surface area contributed by atoms with Crippen molar-refractivity contribution in [3.8, 4) is 29.0 Å². The molecule has 15 heteroatoms. The van der Waals surface area contributed by atoms with Crippen LogP contribution in [0.1, 0.15) is 44.1 Å². The van der Waals surface area contributed by atoms with Crippen molar-refractivity contribution in [2.45, 2.75) is 56.5 Å². The molecule has 9 nitrogen and oxygen atoms in total. The number of nitrogen functional groups attached to an aromatic ring is 1. The number of ether oxygens (including phenoxy) is 2. The Morgan fingerprint density at radius 2 is 1.98 bits per heavy atom. The molecule has 6 heterocycles. The first kappa shape index (κ1) is 32.6. The molecule has 4 aromatic rings. The van der Waals surface area contributed by atoms with Gasteiger partial charge in [-0.25, -0.2) is 17.6 Å². The van der Waals surface area contributed by atoms with Crippen LogP contribution in [0, 0.1) is 28.9 Å². The van der Waals surface area contributed by atoms with E-state index in [2.05, 4.69) is 15.2 Å². The van der Waals surface area contributed by atoms with Crippen molar-refractivity contribution in [1.82, 2.24) is 20.2 Å². The first-order valence-corrected chi connectivity index (χ1v) is 17.8. The zero-order chi connectivity index (χ0) is 34.0. The summed E-state index contributed by atoms with van der Waals surface area (Å²) in [6.07, 6.45) is 2.85. The van der Waals surface area contributed by atoms with Crippen LogP contribution in [0.4, 0.5) is 28.4 Å². The van der Waals surface area contributed by atoms with E-state index >= 15 is 8.78 Å². The Hall–Kier alpha value is -3.64. The molecule has 0 radical (unpaired) electrons. The quantitative estimate of drug-likeness (QED) is 0.201.